The molecule has 1 heterocycles. The van der Waals surface area contributed by atoms with E-state index < -0.39 is 20.4 Å². The lowest BCUT2D eigenvalue weighted by Gasteiger charge is -2.27. The Hall–Kier alpha value is -1.68. The second kappa shape index (κ2) is 8.80. The van der Waals surface area contributed by atoms with Gasteiger partial charge in [-0.2, -0.15) is 4.39 Å². The number of halogens is 2. The fraction of sp³-hybridized carbons (Fsp3) is 0.455. The van der Waals surface area contributed by atoms with Crippen molar-refractivity contribution < 1.29 is 13.5 Å². The third kappa shape index (κ3) is 4.17. The lowest BCUT2D eigenvalue weighted by atomic mass is 9.92. The minimum absolute atomic E-state index is 0.0293. The summed E-state index contributed by atoms with van der Waals surface area (Å²) < 4.78 is 33.6. The molecule has 1 aliphatic rings. The maximum atomic E-state index is 14.4. The lowest BCUT2D eigenvalue weighted by Crippen LogP contribution is -2.19. The second-order valence-corrected chi connectivity index (χ2v) is 10.8. The molecule has 0 aliphatic carbocycles. The Balaban J connectivity index is 1.73. The molecular formula is C22H28F2OSi. The van der Waals surface area contributed by atoms with Gasteiger partial charge in [0.2, 0.25) is 5.82 Å². The normalized spacial score (nSPS) is 20.2. The molecule has 3 rings (SSSR count). The van der Waals surface area contributed by atoms with Crippen molar-refractivity contribution in [2.75, 3.05) is 6.61 Å². The number of benzene rings is 2. The Morgan fingerprint density at radius 3 is 2.27 bits per heavy atom. The second-order valence-electron chi connectivity index (χ2n) is 7.30. The van der Waals surface area contributed by atoms with Gasteiger partial charge in [0.25, 0.3) is 0 Å². The predicted molar refractivity (Wildman–Crippen MR) is 107 cm³/mol. The Morgan fingerprint density at radius 1 is 0.962 bits per heavy atom. The molecule has 2 aromatic rings. The van der Waals surface area contributed by atoms with Gasteiger partial charge in [-0.15, -0.1) is 0 Å². The van der Waals surface area contributed by atoms with Gasteiger partial charge in [0.05, 0.1) is 6.61 Å². The van der Waals surface area contributed by atoms with Gasteiger partial charge in [0.15, 0.2) is 11.6 Å². The highest BCUT2D eigenvalue weighted by Crippen LogP contribution is 2.36. The first kappa shape index (κ1) is 19.1. The smallest absolute Gasteiger partial charge is 0.201 e. The SMILES string of the molecule is CCC[SiH]1CCC(c2ccc(-c3ccc(OCC)c(F)c3F)cc2)CC1. The zero-order valence-corrected chi connectivity index (χ0v) is 16.9. The molecular weight excluding hydrogens is 346 g/mol. The molecule has 0 aromatic heterocycles. The van der Waals surface area contributed by atoms with Gasteiger partial charge < -0.3 is 4.74 Å². The van der Waals surface area contributed by atoms with Crippen LogP contribution in [0.2, 0.25) is 18.1 Å². The van der Waals surface area contributed by atoms with Gasteiger partial charge in [-0.1, -0.05) is 55.7 Å². The van der Waals surface area contributed by atoms with Crippen LogP contribution in [0.1, 0.15) is 44.6 Å². The molecule has 0 amide bonds. The summed E-state index contributed by atoms with van der Waals surface area (Å²) in [6.07, 6.45) is 3.92. The third-order valence-electron chi connectivity index (χ3n) is 5.58. The van der Waals surface area contributed by atoms with Crippen LogP contribution < -0.4 is 4.74 Å². The molecule has 1 fully saturated rings. The van der Waals surface area contributed by atoms with Crippen molar-refractivity contribution in [3.05, 3.63) is 53.6 Å². The molecule has 0 saturated carbocycles. The lowest BCUT2D eigenvalue weighted by molar-refractivity contribution is 0.314. The summed E-state index contributed by atoms with van der Waals surface area (Å²) >= 11 is 0. The number of hydrogen-bond acceptors (Lipinski definition) is 1. The zero-order valence-electron chi connectivity index (χ0n) is 15.7. The summed E-state index contributed by atoms with van der Waals surface area (Å²) in [5.74, 6) is -1.15. The molecule has 2 aromatic carbocycles. The minimum Gasteiger partial charge on any atom is -0.491 e. The molecule has 1 saturated heterocycles. The third-order valence-corrected chi connectivity index (χ3v) is 9.28. The van der Waals surface area contributed by atoms with Crippen LogP contribution in [0.15, 0.2) is 36.4 Å². The van der Waals surface area contributed by atoms with Crippen molar-refractivity contribution in [1.29, 1.82) is 0 Å². The van der Waals surface area contributed by atoms with Crippen LogP contribution in [0.4, 0.5) is 8.78 Å². The minimum atomic E-state index is -0.910. The molecule has 0 unspecified atom stereocenters. The Bertz CT molecular complexity index is 722. The van der Waals surface area contributed by atoms with Crippen molar-refractivity contribution in [2.24, 2.45) is 0 Å². The van der Waals surface area contributed by atoms with E-state index in [0.717, 1.165) is 0 Å². The van der Waals surface area contributed by atoms with Gasteiger partial charge in [0, 0.05) is 14.4 Å². The van der Waals surface area contributed by atoms with Gasteiger partial charge in [-0.05, 0) is 48.9 Å². The van der Waals surface area contributed by atoms with Gasteiger partial charge in [-0.3, -0.25) is 0 Å². The van der Waals surface area contributed by atoms with E-state index in [9.17, 15) is 8.78 Å². The van der Waals surface area contributed by atoms with Gasteiger partial charge >= 0.3 is 0 Å². The Kier molecular flexibility index (Phi) is 6.46. The molecule has 1 aliphatic heterocycles. The summed E-state index contributed by atoms with van der Waals surface area (Å²) in [5, 5.41) is 0. The number of ether oxygens (including phenoxy) is 1. The molecule has 1 nitrogen and oxygen atoms in total. The van der Waals surface area contributed by atoms with E-state index in [0.29, 0.717) is 18.1 Å². The average molecular weight is 375 g/mol. The maximum Gasteiger partial charge on any atom is 0.201 e. The molecule has 0 atom stereocenters. The van der Waals surface area contributed by atoms with E-state index in [1.54, 1.807) is 13.0 Å². The van der Waals surface area contributed by atoms with E-state index in [1.165, 1.54) is 49.0 Å². The van der Waals surface area contributed by atoms with Gasteiger partial charge in [-0.25, -0.2) is 4.39 Å². The summed E-state index contributed by atoms with van der Waals surface area (Å²) in [6, 6.07) is 15.5. The van der Waals surface area contributed by atoms with E-state index in [2.05, 4.69) is 19.1 Å². The van der Waals surface area contributed by atoms with Crippen LogP contribution in [-0.2, 0) is 0 Å². The van der Waals surface area contributed by atoms with Crippen molar-refractivity contribution in [2.45, 2.75) is 57.2 Å². The Morgan fingerprint density at radius 2 is 1.65 bits per heavy atom. The molecule has 26 heavy (non-hydrogen) atoms. The van der Waals surface area contributed by atoms with Crippen LogP contribution >= 0.6 is 0 Å². The first-order valence-corrected chi connectivity index (χ1v) is 12.3. The quantitative estimate of drug-likeness (QED) is 0.521. The summed E-state index contributed by atoms with van der Waals surface area (Å²) in [5.41, 5.74) is 2.34. The van der Waals surface area contributed by atoms with Crippen LogP contribution in [0, 0.1) is 11.6 Å². The van der Waals surface area contributed by atoms with Crippen LogP contribution in [-0.4, -0.2) is 15.4 Å². The first-order valence-electron chi connectivity index (χ1n) is 9.85. The van der Waals surface area contributed by atoms with Crippen molar-refractivity contribution in [1.82, 2.24) is 0 Å². The van der Waals surface area contributed by atoms with Crippen molar-refractivity contribution in [3.63, 3.8) is 0 Å². The predicted octanol–water partition coefficient (Wildman–Crippen LogP) is 6.55. The standard InChI is InChI=1S/C22H28F2OSi/c1-3-13-26-14-11-17(12-15-26)16-5-7-18(8-6-16)19-9-10-20(25-4-2)22(24)21(19)23/h5-10,17,26H,3-4,11-15H2,1-2H3. The van der Waals surface area contributed by atoms with Crippen LogP contribution in [0.25, 0.3) is 11.1 Å². The van der Waals surface area contributed by atoms with E-state index in [4.69, 9.17) is 4.74 Å². The van der Waals surface area contributed by atoms with Crippen LogP contribution in [0.5, 0.6) is 5.75 Å². The first-order chi connectivity index (χ1) is 12.6. The molecule has 0 spiro atoms. The topological polar surface area (TPSA) is 9.23 Å². The Labute approximate surface area is 157 Å². The molecule has 0 bridgehead atoms. The fourth-order valence-electron chi connectivity index (χ4n) is 4.15. The van der Waals surface area contributed by atoms with Gasteiger partial charge in [0.1, 0.15) is 0 Å². The highest BCUT2D eigenvalue weighted by Gasteiger charge is 2.23. The maximum absolute atomic E-state index is 14.4. The molecule has 4 heteroatoms. The summed E-state index contributed by atoms with van der Waals surface area (Å²) in [4.78, 5) is 0. The largest absolute Gasteiger partial charge is 0.491 e. The van der Waals surface area contributed by atoms with Crippen molar-refractivity contribution >= 4 is 8.80 Å². The summed E-state index contributed by atoms with van der Waals surface area (Å²) in [7, 11) is -0.474. The van der Waals surface area contributed by atoms with E-state index in [-0.39, 0.29) is 11.3 Å². The number of rotatable bonds is 6. The molecule has 0 radical (unpaired) electrons. The average Bonchev–Trinajstić information content (AvgIpc) is 2.67. The number of hydrogen-bond donors (Lipinski definition) is 0. The summed E-state index contributed by atoms with van der Waals surface area (Å²) in [6.45, 7) is 4.36. The molecule has 0 N–H and O–H groups in total. The fourth-order valence-corrected chi connectivity index (χ4v) is 7.58. The monoisotopic (exact) mass is 374 g/mol. The van der Waals surface area contributed by atoms with Crippen LogP contribution in [0.3, 0.4) is 0 Å². The van der Waals surface area contributed by atoms with Crippen molar-refractivity contribution in [3.8, 4) is 16.9 Å². The van der Waals surface area contributed by atoms with E-state index >= 15 is 0 Å². The highest BCUT2D eigenvalue weighted by molar-refractivity contribution is 6.59. The molecule has 140 valence electrons. The highest BCUT2D eigenvalue weighted by atomic mass is 28.3. The zero-order chi connectivity index (χ0) is 18.5. The van der Waals surface area contributed by atoms with E-state index in [1.807, 2.05) is 12.1 Å².